The molecule has 0 radical (unpaired) electrons. The number of nitrogens with zero attached hydrogens (tertiary/aromatic N) is 2. The van der Waals surface area contributed by atoms with E-state index >= 15 is 0 Å². The zero-order valence-electron chi connectivity index (χ0n) is 12.7. The Morgan fingerprint density at radius 2 is 2.11 bits per heavy atom. The summed E-state index contributed by atoms with van der Waals surface area (Å²) in [6.07, 6.45) is 0.295. The van der Waals surface area contributed by atoms with Crippen molar-refractivity contribution in [3.63, 3.8) is 0 Å². The normalized spacial score (nSPS) is 14.6. The molecular weight excluding hydrogens is 242 g/mol. The molecule has 0 spiro atoms. The number of hydrogen-bond acceptors (Lipinski definition) is 4. The Morgan fingerprint density at radius 3 is 2.63 bits per heavy atom. The van der Waals surface area contributed by atoms with Gasteiger partial charge in [0.1, 0.15) is 0 Å². The van der Waals surface area contributed by atoms with Crippen LogP contribution >= 0.6 is 0 Å². The second kappa shape index (κ2) is 7.62. The summed E-state index contributed by atoms with van der Waals surface area (Å²) in [5.74, 6) is 0. The molecule has 5 heteroatoms. The quantitative estimate of drug-likeness (QED) is 0.752. The third kappa shape index (κ3) is 4.30. The Labute approximate surface area is 116 Å². The summed E-state index contributed by atoms with van der Waals surface area (Å²) < 4.78 is 6.94. The molecule has 0 amide bonds. The molecule has 0 bridgehead atoms. The van der Waals surface area contributed by atoms with Crippen LogP contribution in [0.5, 0.6) is 0 Å². The maximum absolute atomic E-state index is 9.60. The lowest BCUT2D eigenvalue weighted by Crippen LogP contribution is -2.26. The van der Waals surface area contributed by atoms with E-state index in [2.05, 4.69) is 31.2 Å². The van der Waals surface area contributed by atoms with Crippen molar-refractivity contribution in [1.82, 2.24) is 15.1 Å². The number of nitrogens with one attached hydrogen (secondary N) is 1. The van der Waals surface area contributed by atoms with Gasteiger partial charge in [-0.25, -0.2) is 0 Å². The molecule has 1 aromatic heterocycles. The lowest BCUT2D eigenvalue weighted by atomic mass is 10.1. The molecule has 2 unspecified atom stereocenters. The summed E-state index contributed by atoms with van der Waals surface area (Å²) in [6.45, 7) is 10.4. The van der Waals surface area contributed by atoms with E-state index in [1.54, 1.807) is 7.11 Å². The van der Waals surface area contributed by atoms with E-state index in [-0.39, 0.29) is 6.04 Å². The van der Waals surface area contributed by atoms with Crippen molar-refractivity contribution in [2.45, 2.75) is 52.8 Å². The molecule has 5 nitrogen and oxygen atoms in total. The summed E-state index contributed by atoms with van der Waals surface area (Å²) in [5.41, 5.74) is 3.57. The van der Waals surface area contributed by atoms with Crippen molar-refractivity contribution in [1.29, 1.82) is 0 Å². The van der Waals surface area contributed by atoms with Crippen LogP contribution in [0.25, 0.3) is 0 Å². The van der Waals surface area contributed by atoms with E-state index in [0.29, 0.717) is 13.0 Å². The molecule has 0 aliphatic rings. The van der Waals surface area contributed by atoms with Crippen LogP contribution in [0, 0.1) is 13.8 Å². The zero-order valence-corrected chi connectivity index (χ0v) is 12.7. The van der Waals surface area contributed by atoms with Crippen molar-refractivity contribution < 1.29 is 9.84 Å². The van der Waals surface area contributed by atoms with Gasteiger partial charge >= 0.3 is 0 Å². The van der Waals surface area contributed by atoms with Crippen LogP contribution in [0.15, 0.2) is 0 Å². The van der Waals surface area contributed by atoms with E-state index in [1.165, 1.54) is 11.3 Å². The molecule has 2 N–H and O–H groups in total. The number of hydrogen-bond donors (Lipinski definition) is 2. The van der Waals surface area contributed by atoms with Crippen molar-refractivity contribution in [2.24, 2.45) is 0 Å². The van der Waals surface area contributed by atoms with E-state index < -0.39 is 6.10 Å². The summed E-state index contributed by atoms with van der Waals surface area (Å²) in [5, 5.41) is 17.6. The highest BCUT2D eigenvalue weighted by Crippen LogP contribution is 2.21. The van der Waals surface area contributed by atoms with E-state index in [4.69, 9.17) is 4.74 Å². The van der Waals surface area contributed by atoms with Crippen LogP contribution in [-0.2, 0) is 11.3 Å². The SMILES string of the molecule is CCn1nc(C)c(C(C)NCCC(O)COC)c1C. The van der Waals surface area contributed by atoms with Crippen LogP contribution in [0.1, 0.15) is 43.3 Å². The number of ether oxygens (including phenoxy) is 1. The fourth-order valence-electron chi connectivity index (χ4n) is 2.49. The number of methoxy groups -OCH3 is 1. The first-order valence-electron chi connectivity index (χ1n) is 6.95. The summed E-state index contributed by atoms with van der Waals surface area (Å²) in [6, 6.07) is 0.245. The second-order valence-corrected chi connectivity index (χ2v) is 4.97. The van der Waals surface area contributed by atoms with Gasteiger partial charge < -0.3 is 15.2 Å². The molecule has 1 heterocycles. The van der Waals surface area contributed by atoms with Crippen LogP contribution in [0.4, 0.5) is 0 Å². The van der Waals surface area contributed by atoms with E-state index in [1.807, 2.05) is 11.6 Å². The predicted molar refractivity (Wildman–Crippen MR) is 76.3 cm³/mol. The third-order valence-corrected chi connectivity index (χ3v) is 3.46. The molecule has 0 saturated heterocycles. The minimum atomic E-state index is -0.398. The molecular formula is C14H27N3O2. The first-order chi connectivity index (χ1) is 9.01. The Morgan fingerprint density at radius 1 is 1.42 bits per heavy atom. The Kier molecular flexibility index (Phi) is 6.48. The van der Waals surface area contributed by atoms with Crippen LogP contribution < -0.4 is 5.32 Å². The van der Waals surface area contributed by atoms with Crippen molar-refractivity contribution in [3.8, 4) is 0 Å². The summed E-state index contributed by atoms with van der Waals surface area (Å²) in [4.78, 5) is 0. The van der Waals surface area contributed by atoms with E-state index in [9.17, 15) is 5.11 Å². The third-order valence-electron chi connectivity index (χ3n) is 3.46. The molecule has 0 aliphatic heterocycles. The van der Waals surface area contributed by atoms with Gasteiger partial charge in [0.25, 0.3) is 0 Å². The molecule has 1 aromatic rings. The van der Waals surface area contributed by atoms with Gasteiger partial charge in [-0.15, -0.1) is 0 Å². The Hall–Kier alpha value is -0.910. The summed E-state index contributed by atoms with van der Waals surface area (Å²) in [7, 11) is 1.60. The highest BCUT2D eigenvalue weighted by atomic mass is 16.5. The van der Waals surface area contributed by atoms with Gasteiger partial charge in [0.15, 0.2) is 0 Å². The minimum absolute atomic E-state index is 0.245. The van der Waals surface area contributed by atoms with Gasteiger partial charge in [0.2, 0.25) is 0 Å². The highest BCUT2D eigenvalue weighted by Gasteiger charge is 2.16. The molecule has 2 atom stereocenters. The zero-order chi connectivity index (χ0) is 14.4. The lowest BCUT2D eigenvalue weighted by Gasteiger charge is -2.16. The number of aromatic nitrogens is 2. The molecule has 1 rings (SSSR count). The second-order valence-electron chi connectivity index (χ2n) is 4.97. The molecule has 19 heavy (non-hydrogen) atoms. The maximum Gasteiger partial charge on any atom is 0.0785 e. The van der Waals surface area contributed by atoms with Gasteiger partial charge in [-0.2, -0.15) is 5.10 Å². The molecule has 0 fully saturated rings. The van der Waals surface area contributed by atoms with Crippen LogP contribution in [-0.4, -0.2) is 41.3 Å². The van der Waals surface area contributed by atoms with Gasteiger partial charge in [-0.1, -0.05) is 0 Å². The highest BCUT2D eigenvalue weighted by molar-refractivity contribution is 5.27. The largest absolute Gasteiger partial charge is 0.391 e. The number of aliphatic hydroxyl groups is 1. The fraction of sp³-hybridized carbons (Fsp3) is 0.786. The number of aryl methyl sites for hydroxylation is 2. The Bertz CT molecular complexity index is 390. The minimum Gasteiger partial charge on any atom is -0.391 e. The van der Waals surface area contributed by atoms with Gasteiger partial charge in [-0.3, -0.25) is 4.68 Å². The van der Waals surface area contributed by atoms with Crippen molar-refractivity contribution in [3.05, 3.63) is 17.0 Å². The van der Waals surface area contributed by atoms with Crippen LogP contribution in [0.3, 0.4) is 0 Å². The van der Waals surface area contributed by atoms with Crippen molar-refractivity contribution in [2.75, 3.05) is 20.3 Å². The molecule has 110 valence electrons. The molecule has 0 saturated carbocycles. The van der Waals surface area contributed by atoms with E-state index in [0.717, 1.165) is 18.8 Å². The smallest absolute Gasteiger partial charge is 0.0785 e. The topological polar surface area (TPSA) is 59.3 Å². The standard InChI is InChI=1S/C14H27N3O2/c1-6-17-12(4)14(11(3)16-17)10(2)15-8-7-13(18)9-19-5/h10,13,15,18H,6-9H2,1-5H3. The van der Waals surface area contributed by atoms with Crippen LogP contribution in [0.2, 0.25) is 0 Å². The fourth-order valence-corrected chi connectivity index (χ4v) is 2.49. The number of aliphatic hydroxyl groups excluding tert-OH is 1. The van der Waals surface area contributed by atoms with Gasteiger partial charge in [0, 0.05) is 31.0 Å². The average molecular weight is 269 g/mol. The maximum atomic E-state index is 9.60. The lowest BCUT2D eigenvalue weighted by molar-refractivity contribution is 0.0590. The van der Waals surface area contributed by atoms with Crippen molar-refractivity contribution >= 4 is 0 Å². The van der Waals surface area contributed by atoms with Gasteiger partial charge in [0.05, 0.1) is 18.4 Å². The first-order valence-corrected chi connectivity index (χ1v) is 6.95. The predicted octanol–water partition coefficient (Wildman–Crippen LogP) is 1.57. The average Bonchev–Trinajstić information content (AvgIpc) is 2.64. The first kappa shape index (κ1) is 16.1. The molecule has 0 aliphatic carbocycles. The Balaban J connectivity index is 2.54. The van der Waals surface area contributed by atoms with Gasteiger partial charge in [-0.05, 0) is 40.7 Å². The monoisotopic (exact) mass is 269 g/mol. The summed E-state index contributed by atoms with van der Waals surface area (Å²) >= 11 is 0. The number of rotatable bonds is 8. The molecule has 0 aromatic carbocycles.